The lowest BCUT2D eigenvalue weighted by molar-refractivity contribution is 0.827. The number of hydrogen-bond donors (Lipinski definition) is 1. The number of fused-ring (bicyclic) bond motifs is 1. The Labute approximate surface area is 88.9 Å². The Morgan fingerprint density at radius 3 is 2.73 bits per heavy atom. The molecule has 2 aromatic rings. The van der Waals surface area contributed by atoms with Gasteiger partial charge in [0.1, 0.15) is 0 Å². The van der Waals surface area contributed by atoms with Crippen LogP contribution in [0, 0.1) is 11.3 Å². The van der Waals surface area contributed by atoms with E-state index in [0.717, 1.165) is 16.3 Å². The number of nitriles is 1. The predicted octanol–water partition coefficient (Wildman–Crippen LogP) is 2.73. The molecule has 1 atom stereocenters. The highest BCUT2D eigenvalue weighted by Gasteiger charge is 2.05. The molecule has 0 fully saturated rings. The minimum absolute atomic E-state index is 0.0114. The van der Waals surface area contributed by atoms with Gasteiger partial charge < -0.3 is 5.73 Å². The maximum atomic E-state index is 8.85. The fraction of sp³-hybridized carbons (Fsp3) is 0.154. The van der Waals surface area contributed by atoms with Crippen LogP contribution < -0.4 is 5.73 Å². The lowest BCUT2D eigenvalue weighted by atomic mass is 9.98. The van der Waals surface area contributed by atoms with E-state index >= 15 is 0 Å². The summed E-state index contributed by atoms with van der Waals surface area (Å²) in [6.07, 6.45) is 0. The van der Waals surface area contributed by atoms with Crippen LogP contribution in [-0.2, 0) is 0 Å². The molecule has 0 amide bonds. The van der Waals surface area contributed by atoms with Crippen LogP contribution in [0.5, 0.6) is 0 Å². The topological polar surface area (TPSA) is 49.8 Å². The number of benzene rings is 2. The zero-order valence-electron chi connectivity index (χ0n) is 8.57. The Balaban J connectivity index is 2.77. The Kier molecular flexibility index (Phi) is 2.40. The van der Waals surface area contributed by atoms with Crippen LogP contribution in [-0.4, -0.2) is 0 Å². The summed E-state index contributed by atoms with van der Waals surface area (Å²) in [5, 5.41) is 11.0. The summed E-state index contributed by atoms with van der Waals surface area (Å²) in [6.45, 7) is 1.95. The lowest BCUT2D eigenvalue weighted by Crippen LogP contribution is -2.05. The lowest BCUT2D eigenvalue weighted by Gasteiger charge is -2.09. The molecular weight excluding hydrogens is 184 g/mol. The number of rotatable bonds is 1. The first kappa shape index (κ1) is 9.70. The highest BCUT2D eigenvalue weighted by Crippen LogP contribution is 2.23. The highest BCUT2D eigenvalue weighted by atomic mass is 14.6. The van der Waals surface area contributed by atoms with E-state index in [1.165, 1.54) is 0 Å². The molecule has 0 spiro atoms. The zero-order valence-corrected chi connectivity index (χ0v) is 8.57. The fourth-order valence-corrected chi connectivity index (χ4v) is 1.76. The van der Waals surface area contributed by atoms with Crippen molar-refractivity contribution in [1.82, 2.24) is 0 Å². The molecule has 0 saturated carbocycles. The van der Waals surface area contributed by atoms with Crippen LogP contribution in [0.2, 0.25) is 0 Å². The molecule has 0 aliphatic carbocycles. The van der Waals surface area contributed by atoms with E-state index in [4.69, 9.17) is 11.0 Å². The average Bonchev–Trinajstić information content (AvgIpc) is 2.27. The van der Waals surface area contributed by atoms with E-state index in [2.05, 4.69) is 6.07 Å². The molecule has 2 aromatic carbocycles. The summed E-state index contributed by atoms with van der Waals surface area (Å²) in [7, 11) is 0. The van der Waals surface area contributed by atoms with Crippen molar-refractivity contribution in [3.63, 3.8) is 0 Å². The second-order valence-corrected chi connectivity index (χ2v) is 3.68. The van der Waals surface area contributed by atoms with E-state index in [1.54, 1.807) is 0 Å². The van der Waals surface area contributed by atoms with Crippen molar-refractivity contribution in [3.05, 3.63) is 47.5 Å². The summed E-state index contributed by atoms with van der Waals surface area (Å²) in [6, 6.07) is 13.8. The van der Waals surface area contributed by atoms with Crippen molar-refractivity contribution in [1.29, 1.82) is 5.26 Å². The Morgan fingerprint density at radius 1 is 1.27 bits per heavy atom. The molecule has 0 aromatic heterocycles. The van der Waals surface area contributed by atoms with Gasteiger partial charge in [-0.1, -0.05) is 24.3 Å². The summed E-state index contributed by atoms with van der Waals surface area (Å²) in [5.74, 6) is 0. The molecule has 15 heavy (non-hydrogen) atoms. The molecule has 74 valence electrons. The third kappa shape index (κ3) is 1.70. The summed E-state index contributed by atoms with van der Waals surface area (Å²) in [4.78, 5) is 0. The van der Waals surface area contributed by atoms with Crippen LogP contribution >= 0.6 is 0 Å². The first-order valence-corrected chi connectivity index (χ1v) is 4.91. The molecule has 0 aliphatic rings. The van der Waals surface area contributed by atoms with E-state index in [-0.39, 0.29) is 6.04 Å². The van der Waals surface area contributed by atoms with Gasteiger partial charge in [-0.05, 0) is 35.4 Å². The van der Waals surface area contributed by atoms with Gasteiger partial charge in [-0.3, -0.25) is 0 Å². The van der Waals surface area contributed by atoms with Gasteiger partial charge in [-0.25, -0.2) is 0 Å². The normalized spacial score (nSPS) is 12.3. The first-order chi connectivity index (χ1) is 7.22. The quantitative estimate of drug-likeness (QED) is 0.762. The van der Waals surface area contributed by atoms with Crippen molar-refractivity contribution < 1.29 is 0 Å². The predicted molar refractivity (Wildman–Crippen MR) is 61.3 cm³/mol. The molecule has 0 heterocycles. The van der Waals surface area contributed by atoms with Gasteiger partial charge in [0.05, 0.1) is 11.6 Å². The smallest absolute Gasteiger partial charge is 0.0991 e. The monoisotopic (exact) mass is 196 g/mol. The van der Waals surface area contributed by atoms with Crippen molar-refractivity contribution in [3.8, 4) is 6.07 Å². The van der Waals surface area contributed by atoms with E-state index in [9.17, 15) is 0 Å². The van der Waals surface area contributed by atoms with Crippen LogP contribution in [0.4, 0.5) is 0 Å². The summed E-state index contributed by atoms with van der Waals surface area (Å²) >= 11 is 0. The molecule has 2 rings (SSSR count). The summed E-state index contributed by atoms with van der Waals surface area (Å²) in [5.41, 5.74) is 7.65. The largest absolute Gasteiger partial charge is 0.324 e. The van der Waals surface area contributed by atoms with Crippen molar-refractivity contribution in [2.24, 2.45) is 5.73 Å². The third-order valence-corrected chi connectivity index (χ3v) is 2.54. The molecule has 0 unspecified atom stereocenters. The summed E-state index contributed by atoms with van der Waals surface area (Å²) < 4.78 is 0. The van der Waals surface area contributed by atoms with Crippen molar-refractivity contribution in [2.45, 2.75) is 13.0 Å². The van der Waals surface area contributed by atoms with Gasteiger partial charge >= 0.3 is 0 Å². The number of nitrogens with two attached hydrogens (primary N) is 1. The van der Waals surface area contributed by atoms with Crippen LogP contribution in [0.3, 0.4) is 0 Å². The van der Waals surface area contributed by atoms with Gasteiger partial charge in [0, 0.05) is 6.04 Å². The Bertz CT molecular complexity index is 536. The standard InChI is InChI=1S/C13H12N2/c1-9(15)12-4-2-3-11-6-5-10(8-14)7-13(11)12/h2-7,9H,15H2,1H3/t9-/m0/s1. The molecule has 0 saturated heterocycles. The molecule has 2 nitrogen and oxygen atoms in total. The maximum Gasteiger partial charge on any atom is 0.0991 e. The first-order valence-electron chi connectivity index (χ1n) is 4.91. The van der Waals surface area contributed by atoms with Crippen molar-refractivity contribution >= 4 is 10.8 Å². The number of nitrogens with zero attached hydrogens (tertiary/aromatic N) is 1. The molecular formula is C13H12N2. The minimum atomic E-state index is -0.0114. The van der Waals surface area contributed by atoms with Crippen LogP contribution in [0.1, 0.15) is 24.1 Å². The van der Waals surface area contributed by atoms with Crippen LogP contribution in [0.25, 0.3) is 10.8 Å². The van der Waals surface area contributed by atoms with E-state index in [1.807, 2.05) is 43.3 Å². The maximum absolute atomic E-state index is 8.85. The molecule has 0 aliphatic heterocycles. The van der Waals surface area contributed by atoms with Gasteiger partial charge in [-0.15, -0.1) is 0 Å². The molecule has 2 heteroatoms. The second kappa shape index (κ2) is 3.72. The Morgan fingerprint density at radius 2 is 2.07 bits per heavy atom. The van der Waals surface area contributed by atoms with E-state index < -0.39 is 0 Å². The van der Waals surface area contributed by atoms with Crippen molar-refractivity contribution in [2.75, 3.05) is 0 Å². The Hall–Kier alpha value is -1.85. The van der Waals surface area contributed by atoms with E-state index in [0.29, 0.717) is 5.56 Å². The molecule has 0 radical (unpaired) electrons. The average molecular weight is 196 g/mol. The zero-order chi connectivity index (χ0) is 10.8. The second-order valence-electron chi connectivity index (χ2n) is 3.68. The molecule has 2 N–H and O–H groups in total. The van der Waals surface area contributed by atoms with Gasteiger partial charge in [0.15, 0.2) is 0 Å². The highest BCUT2D eigenvalue weighted by molar-refractivity contribution is 5.87. The SMILES string of the molecule is C[C@H](N)c1cccc2ccc(C#N)cc12. The van der Waals surface area contributed by atoms with Gasteiger partial charge in [0.2, 0.25) is 0 Å². The number of hydrogen-bond acceptors (Lipinski definition) is 2. The fourth-order valence-electron chi connectivity index (χ4n) is 1.76. The van der Waals surface area contributed by atoms with Crippen LogP contribution in [0.15, 0.2) is 36.4 Å². The van der Waals surface area contributed by atoms with Gasteiger partial charge in [-0.2, -0.15) is 5.26 Å². The minimum Gasteiger partial charge on any atom is -0.324 e. The molecule has 0 bridgehead atoms. The van der Waals surface area contributed by atoms with Gasteiger partial charge in [0.25, 0.3) is 0 Å². The third-order valence-electron chi connectivity index (χ3n) is 2.54.